The minimum atomic E-state index is 0. The fraction of sp³-hybridized carbons (Fsp3) is 0. The zero-order chi connectivity index (χ0) is 3.54. The van der Waals surface area contributed by atoms with Gasteiger partial charge in [0, 0.05) is 0 Å². The van der Waals surface area contributed by atoms with Crippen molar-refractivity contribution < 1.29 is 51.3 Å². The Hall–Kier alpha value is 1.00. The van der Waals surface area contributed by atoms with E-state index in [1.54, 1.807) is 0 Å². The van der Waals surface area contributed by atoms with Gasteiger partial charge in [-0.2, -0.15) is 18.2 Å². The standard InChI is InChI=1S/C5H5.Cd.HI/c1-2-4-5-3-1;;/h1-5H;;1H/q-1;+2;/p-1. The number of rotatable bonds is 0. The van der Waals surface area contributed by atoms with Gasteiger partial charge in [0.15, 0.2) is 0 Å². The summed E-state index contributed by atoms with van der Waals surface area (Å²) in [5.74, 6) is 0. The van der Waals surface area contributed by atoms with Gasteiger partial charge in [-0.3, -0.25) is 0 Å². The minimum absolute atomic E-state index is 0. The maximum absolute atomic E-state index is 2.00. The Labute approximate surface area is 80.8 Å². The Bertz CT molecular complexity index is 64.6. The second kappa shape index (κ2) is 7.00. The van der Waals surface area contributed by atoms with Gasteiger partial charge in [0.2, 0.25) is 0 Å². The second-order valence-electron chi connectivity index (χ2n) is 0.962. The minimum Gasteiger partial charge on any atom is -1.00 e. The number of halogens is 1. The van der Waals surface area contributed by atoms with E-state index >= 15 is 0 Å². The Morgan fingerprint density at radius 1 is 1.00 bits per heavy atom. The van der Waals surface area contributed by atoms with E-state index in [2.05, 4.69) is 0 Å². The fourth-order valence-corrected chi connectivity index (χ4v) is 0.321. The molecule has 0 aliphatic rings. The number of hydrogen-bond donors (Lipinski definition) is 0. The van der Waals surface area contributed by atoms with Crippen molar-refractivity contribution in [3.63, 3.8) is 0 Å². The van der Waals surface area contributed by atoms with Crippen molar-refractivity contribution in [2.45, 2.75) is 0 Å². The molecule has 34 valence electrons. The van der Waals surface area contributed by atoms with Crippen molar-refractivity contribution in [3.05, 3.63) is 30.3 Å². The molecule has 0 fully saturated rings. The maximum Gasteiger partial charge on any atom is 2.00 e. The van der Waals surface area contributed by atoms with Crippen LogP contribution in [0.3, 0.4) is 0 Å². The molecule has 0 amide bonds. The molecule has 0 aliphatic heterocycles. The second-order valence-corrected chi connectivity index (χ2v) is 0.962. The van der Waals surface area contributed by atoms with Crippen molar-refractivity contribution in [3.8, 4) is 0 Å². The van der Waals surface area contributed by atoms with E-state index in [0.29, 0.717) is 0 Å². The summed E-state index contributed by atoms with van der Waals surface area (Å²) in [6.45, 7) is 0. The van der Waals surface area contributed by atoms with Crippen molar-refractivity contribution in [1.82, 2.24) is 0 Å². The summed E-state index contributed by atoms with van der Waals surface area (Å²) >= 11 is 0. The molecule has 0 spiro atoms. The van der Waals surface area contributed by atoms with Gasteiger partial charge in [-0.15, -0.1) is 0 Å². The predicted molar refractivity (Wildman–Crippen MR) is 22.0 cm³/mol. The molecule has 0 saturated heterocycles. The molecule has 1 aromatic rings. The van der Waals surface area contributed by atoms with Crippen LogP contribution in [0.25, 0.3) is 0 Å². The van der Waals surface area contributed by atoms with E-state index in [9.17, 15) is 0 Å². The van der Waals surface area contributed by atoms with E-state index in [4.69, 9.17) is 0 Å². The molecular weight excluding hydrogens is 299 g/mol. The average Bonchev–Trinajstić information content (AvgIpc) is 1.76. The largest absolute Gasteiger partial charge is 2.00 e. The molecule has 0 N–H and O–H groups in total. The van der Waals surface area contributed by atoms with Gasteiger partial charge in [-0.05, 0) is 0 Å². The van der Waals surface area contributed by atoms with E-state index < -0.39 is 0 Å². The van der Waals surface area contributed by atoms with Gasteiger partial charge in [-0.25, -0.2) is 12.1 Å². The van der Waals surface area contributed by atoms with Gasteiger partial charge in [0.05, 0.1) is 0 Å². The molecule has 0 saturated carbocycles. The molecule has 0 heterocycles. The molecule has 1 aromatic carbocycles. The summed E-state index contributed by atoms with van der Waals surface area (Å²) < 4.78 is 0. The summed E-state index contributed by atoms with van der Waals surface area (Å²) in [5.41, 5.74) is 0. The van der Waals surface area contributed by atoms with E-state index in [0.717, 1.165) is 0 Å². The van der Waals surface area contributed by atoms with Crippen LogP contribution in [0.1, 0.15) is 0 Å². The molecule has 0 atom stereocenters. The first-order valence-electron chi connectivity index (χ1n) is 1.67. The van der Waals surface area contributed by atoms with Crippen LogP contribution < -0.4 is 24.0 Å². The third kappa shape index (κ3) is 4.86. The molecule has 0 radical (unpaired) electrons. The van der Waals surface area contributed by atoms with E-state index in [-0.39, 0.29) is 51.3 Å². The molecule has 0 aromatic heterocycles. The summed E-state index contributed by atoms with van der Waals surface area (Å²) in [5, 5.41) is 0. The van der Waals surface area contributed by atoms with Gasteiger partial charge < -0.3 is 24.0 Å². The van der Waals surface area contributed by atoms with Gasteiger partial charge in [0.1, 0.15) is 0 Å². The number of hydrogen-bond acceptors (Lipinski definition) is 0. The Morgan fingerprint density at radius 3 is 1.57 bits per heavy atom. The quantitative estimate of drug-likeness (QED) is 0.308. The molecule has 1 rings (SSSR count). The average molecular weight is 304 g/mol. The molecule has 2 heteroatoms. The maximum atomic E-state index is 2.00. The van der Waals surface area contributed by atoms with E-state index in [1.165, 1.54) is 0 Å². The van der Waals surface area contributed by atoms with Crippen LogP contribution in [0.4, 0.5) is 0 Å². The Morgan fingerprint density at radius 2 is 1.43 bits per heavy atom. The first-order chi connectivity index (χ1) is 2.50. The van der Waals surface area contributed by atoms with Crippen molar-refractivity contribution in [2.24, 2.45) is 0 Å². The van der Waals surface area contributed by atoms with Crippen molar-refractivity contribution >= 4 is 0 Å². The molecule has 0 nitrogen and oxygen atoms in total. The third-order valence-corrected chi connectivity index (χ3v) is 0.556. The Kier molecular flexibility index (Phi) is 10.9. The van der Waals surface area contributed by atoms with Crippen molar-refractivity contribution in [2.75, 3.05) is 0 Å². The van der Waals surface area contributed by atoms with Crippen LogP contribution in [0.2, 0.25) is 0 Å². The first kappa shape index (κ1) is 10.9. The molecule has 0 aliphatic carbocycles. The van der Waals surface area contributed by atoms with Gasteiger partial charge in [-0.1, -0.05) is 0 Å². The Balaban J connectivity index is 0. The normalized spacial score (nSPS) is 5.71. The summed E-state index contributed by atoms with van der Waals surface area (Å²) in [7, 11) is 0. The van der Waals surface area contributed by atoms with Gasteiger partial charge in [0.25, 0.3) is 0 Å². The fourth-order valence-electron chi connectivity index (χ4n) is 0.321. The van der Waals surface area contributed by atoms with Crippen LogP contribution in [0.5, 0.6) is 0 Å². The summed E-state index contributed by atoms with van der Waals surface area (Å²) in [4.78, 5) is 0. The first-order valence-corrected chi connectivity index (χ1v) is 1.67. The van der Waals surface area contributed by atoms with Gasteiger partial charge >= 0.3 is 27.3 Å². The zero-order valence-corrected chi connectivity index (χ0v) is 10.2. The molecule has 0 bridgehead atoms. The smallest absolute Gasteiger partial charge is 1.00 e. The zero-order valence-electron chi connectivity index (χ0n) is 3.97. The van der Waals surface area contributed by atoms with Crippen LogP contribution >= 0.6 is 0 Å². The van der Waals surface area contributed by atoms with E-state index in [1.807, 2.05) is 30.3 Å². The third-order valence-electron chi connectivity index (χ3n) is 0.556. The van der Waals surface area contributed by atoms with Crippen molar-refractivity contribution in [1.29, 1.82) is 0 Å². The predicted octanol–water partition coefficient (Wildman–Crippen LogP) is -1.59. The monoisotopic (exact) mass is 306 g/mol. The summed E-state index contributed by atoms with van der Waals surface area (Å²) in [6.07, 6.45) is 0. The van der Waals surface area contributed by atoms with Crippen LogP contribution in [0, 0.1) is 0 Å². The van der Waals surface area contributed by atoms with Crippen LogP contribution in [-0.4, -0.2) is 0 Å². The molecular formula is C5H5CdI. The summed E-state index contributed by atoms with van der Waals surface area (Å²) in [6, 6.07) is 10.0. The molecule has 0 unspecified atom stereocenters. The SMILES string of the molecule is [Cd+2].[I-].c1cc[cH-]c1. The van der Waals surface area contributed by atoms with Crippen LogP contribution in [0.15, 0.2) is 30.3 Å². The molecule has 7 heavy (non-hydrogen) atoms. The topological polar surface area (TPSA) is 0 Å². The van der Waals surface area contributed by atoms with Crippen LogP contribution in [-0.2, 0) is 27.3 Å².